The number of hydrogen-bond donors (Lipinski definition) is 1. The Kier molecular flexibility index (Phi) is 36.3. The van der Waals surface area contributed by atoms with Crippen LogP contribution in [0.2, 0.25) is 0 Å². The van der Waals surface area contributed by atoms with E-state index < -0.39 is 11.9 Å². The molecule has 5 heteroatoms. The van der Waals surface area contributed by atoms with Gasteiger partial charge in [0.15, 0.2) is 0 Å². The summed E-state index contributed by atoms with van der Waals surface area (Å²) in [4.78, 5) is 20.2. The summed E-state index contributed by atoms with van der Waals surface area (Å²) in [5.41, 5.74) is 0. The van der Waals surface area contributed by atoms with Crippen LogP contribution >= 0.6 is 0 Å². The van der Waals surface area contributed by atoms with Crippen molar-refractivity contribution < 1.29 is 49.4 Å². The summed E-state index contributed by atoms with van der Waals surface area (Å²) in [5, 5.41) is 18.5. The maximum absolute atomic E-state index is 10.2. The minimum absolute atomic E-state index is 0. The number of carboxylic acids is 2. The summed E-state index contributed by atoms with van der Waals surface area (Å²) >= 11 is 0. The van der Waals surface area contributed by atoms with E-state index in [0.717, 1.165) is 32.1 Å². The van der Waals surface area contributed by atoms with Crippen molar-refractivity contribution in [1.29, 1.82) is 0 Å². The van der Waals surface area contributed by atoms with Crippen molar-refractivity contribution in [3.8, 4) is 0 Å². The third-order valence-corrected chi connectivity index (χ3v) is 5.14. The number of allylic oxidation sites excluding steroid dienone is 2. The number of unbranched alkanes of at least 4 members (excludes halogenated alkanes) is 15. The number of carbonyl (C=O) groups excluding carboxylic acids is 1. The minimum Gasteiger partial charge on any atom is -0.550 e. The fraction of sp³-hybridized carbons (Fsp3) is 0.846. The van der Waals surface area contributed by atoms with Crippen molar-refractivity contribution in [3.63, 3.8) is 0 Å². The zero-order valence-electron chi connectivity index (χ0n) is 21.0. The summed E-state index contributed by atoms with van der Waals surface area (Å²) in [6.45, 7) is 4.41. The Bertz CT molecular complexity index is 397. The zero-order chi connectivity index (χ0) is 22.7. The fourth-order valence-corrected chi connectivity index (χ4v) is 3.22. The van der Waals surface area contributed by atoms with Crippen LogP contribution in [0.25, 0.3) is 0 Å². The molecular weight excluding hydrogens is 399 g/mol. The second-order valence-electron chi connectivity index (χ2n) is 8.26. The molecule has 0 amide bonds. The van der Waals surface area contributed by atoms with Gasteiger partial charge in [0.1, 0.15) is 0 Å². The van der Waals surface area contributed by atoms with E-state index in [1.54, 1.807) is 0 Å². The molecule has 0 rings (SSSR count). The van der Waals surface area contributed by atoms with Crippen LogP contribution in [0.4, 0.5) is 0 Å². The third kappa shape index (κ3) is 40.6. The van der Waals surface area contributed by atoms with E-state index in [4.69, 9.17) is 5.11 Å². The molecule has 0 fully saturated rings. The first-order chi connectivity index (χ1) is 14.5. The van der Waals surface area contributed by atoms with Gasteiger partial charge in [0, 0.05) is 12.4 Å². The van der Waals surface area contributed by atoms with Crippen molar-refractivity contribution in [2.75, 3.05) is 0 Å². The zero-order valence-corrected chi connectivity index (χ0v) is 23.0. The smallest absolute Gasteiger partial charge is 0.550 e. The third-order valence-electron chi connectivity index (χ3n) is 5.14. The van der Waals surface area contributed by atoms with E-state index in [1.807, 2.05) is 0 Å². The first-order valence-corrected chi connectivity index (χ1v) is 12.6. The predicted octanol–water partition coefficient (Wildman–Crippen LogP) is 4.21. The molecule has 0 aromatic rings. The molecule has 0 saturated heterocycles. The van der Waals surface area contributed by atoms with Gasteiger partial charge in [-0.1, -0.05) is 103 Å². The number of aliphatic carboxylic acids is 2. The minimum atomic E-state index is -0.914. The second-order valence-corrected chi connectivity index (χ2v) is 8.26. The van der Waals surface area contributed by atoms with Crippen LogP contribution in [0, 0.1) is 0 Å². The van der Waals surface area contributed by atoms with Gasteiger partial charge in [0.05, 0.1) is 0 Å². The van der Waals surface area contributed by atoms with Crippen LogP contribution in [-0.2, 0) is 9.59 Å². The Balaban J connectivity index is -0.000000604. The molecule has 0 bridgehead atoms. The van der Waals surface area contributed by atoms with E-state index in [9.17, 15) is 14.7 Å². The fourth-order valence-electron chi connectivity index (χ4n) is 3.22. The average Bonchev–Trinajstić information content (AvgIpc) is 2.71. The molecule has 0 unspecified atom stereocenters. The molecule has 0 spiro atoms. The van der Waals surface area contributed by atoms with Gasteiger partial charge >= 0.3 is 35.5 Å². The molecular formula is C26H49NaO4. The maximum atomic E-state index is 10.2. The van der Waals surface area contributed by atoms with E-state index in [-0.39, 0.29) is 36.0 Å². The van der Waals surface area contributed by atoms with Gasteiger partial charge in [-0.2, -0.15) is 0 Å². The number of hydrogen-bond acceptors (Lipinski definition) is 3. The standard InChI is InChI=1S/C18H34O2.C8H16O2.Na/c1-2-3-4-5-6-7-8-9-10-11-12-13-14-15-16-17-18(19)20;1-2-3-4-5-6-7-8(9)10;/h9-10H,2-8,11-17H2,1H3,(H,19,20);2-7H2,1H3,(H,9,10);/q;;+1/p-1/b10-9-;;. The van der Waals surface area contributed by atoms with Gasteiger partial charge in [-0.15, -0.1) is 0 Å². The van der Waals surface area contributed by atoms with Gasteiger partial charge in [-0.05, 0) is 44.9 Å². The number of carbonyl (C=O) groups is 2. The molecule has 31 heavy (non-hydrogen) atoms. The molecule has 0 aliphatic carbocycles. The molecule has 0 aromatic carbocycles. The summed E-state index contributed by atoms with van der Waals surface area (Å²) in [7, 11) is 0. The number of carboxylic acid groups (broad SMARTS) is 2. The SMILES string of the molecule is CCCCCCCC(=O)O.CCCCCCCC/C=C\CCCCCCCC(=O)[O-].[Na+]. The van der Waals surface area contributed by atoms with Crippen molar-refractivity contribution in [2.45, 2.75) is 142 Å². The Morgan fingerprint density at radius 1 is 0.613 bits per heavy atom. The summed E-state index contributed by atoms with van der Waals surface area (Å²) in [6.07, 6.45) is 26.8. The maximum Gasteiger partial charge on any atom is 1.00 e. The molecule has 0 aliphatic rings. The first-order valence-electron chi connectivity index (χ1n) is 12.6. The normalized spacial score (nSPS) is 10.4. The quantitative estimate of drug-likeness (QED) is 0.162. The Morgan fingerprint density at radius 2 is 0.968 bits per heavy atom. The summed E-state index contributed by atoms with van der Waals surface area (Å²) < 4.78 is 0. The van der Waals surface area contributed by atoms with Crippen molar-refractivity contribution >= 4 is 11.9 Å². The molecule has 4 nitrogen and oxygen atoms in total. The molecule has 0 atom stereocenters. The van der Waals surface area contributed by atoms with Crippen LogP contribution in [0.3, 0.4) is 0 Å². The molecule has 0 heterocycles. The van der Waals surface area contributed by atoms with E-state index in [0.29, 0.717) is 6.42 Å². The van der Waals surface area contributed by atoms with Crippen LogP contribution in [0.15, 0.2) is 12.2 Å². The Hall–Kier alpha value is -0.320. The number of rotatable bonds is 21. The van der Waals surface area contributed by atoms with Crippen LogP contribution in [-0.4, -0.2) is 17.0 Å². The predicted molar refractivity (Wildman–Crippen MR) is 125 cm³/mol. The largest absolute Gasteiger partial charge is 1.00 e. The molecule has 0 aliphatic heterocycles. The van der Waals surface area contributed by atoms with Crippen LogP contribution in [0.1, 0.15) is 142 Å². The van der Waals surface area contributed by atoms with Crippen molar-refractivity contribution in [2.24, 2.45) is 0 Å². The molecule has 0 radical (unpaired) electrons. The van der Waals surface area contributed by atoms with E-state index in [2.05, 4.69) is 26.0 Å². The van der Waals surface area contributed by atoms with Crippen molar-refractivity contribution in [1.82, 2.24) is 0 Å². The van der Waals surface area contributed by atoms with Gasteiger partial charge in [0.25, 0.3) is 0 Å². The average molecular weight is 449 g/mol. The summed E-state index contributed by atoms with van der Waals surface area (Å²) in [6, 6.07) is 0. The van der Waals surface area contributed by atoms with Gasteiger partial charge in [0.2, 0.25) is 0 Å². The van der Waals surface area contributed by atoms with Gasteiger partial charge < -0.3 is 15.0 Å². The van der Waals surface area contributed by atoms with Crippen LogP contribution < -0.4 is 34.7 Å². The monoisotopic (exact) mass is 448 g/mol. The Labute approximate surface area is 215 Å². The first kappa shape index (κ1) is 35.3. The molecule has 0 aromatic heterocycles. The van der Waals surface area contributed by atoms with E-state index in [1.165, 1.54) is 83.5 Å². The Morgan fingerprint density at radius 3 is 1.35 bits per heavy atom. The molecule has 1 N–H and O–H groups in total. The molecule has 0 saturated carbocycles. The van der Waals surface area contributed by atoms with Gasteiger partial charge in [-0.25, -0.2) is 0 Å². The van der Waals surface area contributed by atoms with Crippen LogP contribution in [0.5, 0.6) is 0 Å². The molecule has 178 valence electrons. The van der Waals surface area contributed by atoms with Crippen molar-refractivity contribution in [3.05, 3.63) is 12.2 Å². The topological polar surface area (TPSA) is 77.4 Å². The van der Waals surface area contributed by atoms with Gasteiger partial charge in [-0.3, -0.25) is 4.79 Å². The summed E-state index contributed by atoms with van der Waals surface area (Å²) in [5.74, 6) is -1.58. The van der Waals surface area contributed by atoms with E-state index >= 15 is 0 Å². The second kappa shape index (κ2) is 31.9.